The Kier molecular flexibility index (Phi) is 10.1. The summed E-state index contributed by atoms with van der Waals surface area (Å²) in [6, 6.07) is 0. The summed E-state index contributed by atoms with van der Waals surface area (Å²) < 4.78 is 0. The zero-order chi connectivity index (χ0) is 12.2. The number of unbranched alkanes of at least 4 members (excludes halogenated alkanes) is 2. The van der Waals surface area contributed by atoms with Gasteiger partial charge in [0.25, 0.3) is 0 Å². The second-order valence-corrected chi connectivity index (χ2v) is 3.77. The lowest BCUT2D eigenvalue weighted by Gasteiger charge is -2.13. The summed E-state index contributed by atoms with van der Waals surface area (Å²) >= 11 is 0. The number of hydroxylamine groups is 1. The Morgan fingerprint density at radius 3 is 2.88 bits per heavy atom. The highest BCUT2D eigenvalue weighted by Crippen LogP contribution is 2.08. The number of aliphatic hydroxyl groups is 1. The van der Waals surface area contributed by atoms with Crippen LogP contribution in [-0.2, 0) is 9.63 Å². The molecule has 0 spiro atoms. The molecule has 0 fully saturated rings. The highest BCUT2D eigenvalue weighted by molar-refractivity contribution is 5.77. The number of carbonyl (C=O) groups excluding carboxylic acids is 1. The Balaban J connectivity index is 3.68. The van der Waals surface area contributed by atoms with Crippen molar-refractivity contribution in [3.8, 4) is 0 Å². The van der Waals surface area contributed by atoms with Crippen LogP contribution in [0.5, 0.6) is 0 Å². The number of hydrogen-bond acceptors (Lipinski definition) is 3. The maximum atomic E-state index is 11.5. The molecule has 4 nitrogen and oxygen atoms in total. The minimum atomic E-state index is -0.374. The number of hydrogen-bond donors (Lipinski definition) is 2. The lowest BCUT2D eigenvalue weighted by Crippen LogP contribution is -2.33. The van der Waals surface area contributed by atoms with Crippen molar-refractivity contribution in [2.75, 3.05) is 13.2 Å². The number of carbonyl (C=O) groups is 1. The molecule has 4 heteroatoms. The van der Waals surface area contributed by atoms with Gasteiger partial charge in [-0.1, -0.05) is 19.4 Å². The Morgan fingerprint density at radius 2 is 2.31 bits per heavy atom. The fourth-order valence-corrected chi connectivity index (χ4v) is 1.24. The van der Waals surface area contributed by atoms with Crippen LogP contribution in [0.25, 0.3) is 0 Å². The summed E-state index contributed by atoms with van der Waals surface area (Å²) in [7, 11) is 0. The predicted octanol–water partition coefficient (Wildman–Crippen LogP) is 1.80. The normalized spacial score (nSPS) is 12.1. The van der Waals surface area contributed by atoms with E-state index < -0.39 is 0 Å². The molecule has 1 amide bonds. The Hall–Kier alpha value is -0.870. The highest BCUT2D eigenvalue weighted by Gasteiger charge is 2.16. The zero-order valence-corrected chi connectivity index (χ0v) is 10.1. The van der Waals surface area contributed by atoms with E-state index >= 15 is 0 Å². The van der Waals surface area contributed by atoms with Gasteiger partial charge in [-0.25, -0.2) is 5.48 Å². The number of nitrogens with one attached hydrogen (secondary N) is 1. The summed E-state index contributed by atoms with van der Waals surface area (Å²) in [6.45, 7) is 6.05. The van der Waals surface area contributed by atoms with E-state index in [2.05, 4.69) is 19.0 Å². The maximum absolute atomic E-state index is 11.5. The summed E-state index contributed by atoms with van der Waals surface area (Å²) in [4.78, 5) is 16.5. The van der Waals surface area contributed by atoms with Gasteiger partial charge in [-0.05, 0) is 25.7 Å². The average molecular weight is 229 g/mol. The van der Waals surface area contributed by atoms with Crippen LogP contribution in [0, 0.1) is 5.92 Å². The third kappa shape index (κ3) is 7.43. The Morgan fingerprint density at radius 1 is 1.56 bits per heavy atom. The molecular formula is C12H23NO3. The summed E-state index contributed by atoms with van der Waals surface area (Å²) in [5, 5.41) is 9.06. The van der Waals surface area contributed by atoms with Gasteiger partial charge in [-0.15, -0.1) is 6.58 Å². The lowest BCUT2D eigenvalue weighted by molar-refractivity contribution is -0.139. The molecule has 0 aliphatic rings. The SMILES string of the molecule is C=CCCC[C@H](CO)C(=O)NOCCCC. The molecule has 0 aliphatic carbocycles. The molecule has 16 heavy (non-hydrogen) atoms. The number of amides is 1. The van der Waals surface area contributed by atoms with Gasteiger partial charge in [-0.2, -0.15) is 0 Å². The third-order valence-corrected chi connectivity index (χ3v) is 2.32. The van der Waals surface area contributed by atoms with Crippen LogP contribution in [0.3, 0.4) is 0 Å². The molecule has 0 aromatic heterocycles. The molecule has 0 heterocycles. The molecule has 0 radical (unpaired) electrons. The van der Waals surface area contributed by atoms with E-state index in [0.29, 0.717) is 13.0 Å². The third-order valence-electron chi connectivity index (χ3n) is 2.32. The molecule has 0 saturated carbocycles. The lowest BCUT2D eigenvalue weighted by atomic mass is 10.0. The van der Waals surface area contributed by atoms with Crippen molar-refractivity contribution in [2.45, 2.75) is 39.0 Å². The van der Waals surface area contributed by atoms with E-state index in [1.54, 1.807) is 0 Å². The van der Waals surface area contributed by atoms with Crippen molar-refractivity contribution in [3.63, 3.8) is 0 Å². The smallest absolute Gasteiger partial charge is 0.248 e. The first-order chi connectivity index (χ1) is 7.76. The van der Waals surface area contributed by atoms with Crippen molar-refractivity contribution in [1.82, 2.24) is 5.48 Å². The fourth-order valence-electron chi connectivity index (χ4n) is 1.24. The predicted molar refractivity (Wildman–Crippen MR) is 63.6 cm³/mol. The van der Waals surface area contributed by atoms with Gasteiger partial charge in [-0.3, -0.25) is 9.63 Å². The topological polar surface area (TPSA) is 58.6 Å². The van der Waals surface area contributed by atoms with Crippen molar-refractivity contribution >= 4 is 5.91 Å². The van der Waals surface area contributed by atoms with Crippen molar-refractivity contribution < 1.29 is 14.7 Å². The number of allylic oxidation sites excluding steroid dienone is 1. The van der Waals surface area contributed by atoms with Gasteiger partial charge in [0.2, 0.25) is 5.91 Å². The monoisotopic (exact) mass is 229 g/mol. The molecule has 2 N–H and O–H groups in total. The molecule has 1 atom stereocenters. The first kappa shape index (κ1) is 15.1. The van der Waals surface area contributed by atoms with Gasteiger partial charge in [0.15, 0.2) is 0 Å². The van der Waals surface area contributed by atoms with Crippen molar-refractivity contribution in [1.29, 1.82) is 0 Å². The molecule has 0 aliphatic heterocycles. The molecule has 0 unspecified atom stereocenters. The van der Waals surface area contributed by atoms with Gasteiger partial charge < -0.3 is 5.11 Å². The molecule has 0 aromatic rings. The van der Waals surface area contributed by atoms with E-state index in [1.165, 1.54) is 0 Å². The van der Waals surface area contributed by atoms with E-state index in [1.807, 2.05) is 6.08 Å². The van der Waals surface area contributed by atoms with E-state index in [4.69, 9.17) is 9.94 Å². The van der Waals surface area contributed by atoms with Crippen LogP contribution in [0.15, 0.2) is 12.7 Å². The fraction of sp³-hybridized carbons (Fsp3) is 0.750. The van der Waals surface area contributed by atoms with E-state index in [-0.39, 0.29) is 18.4 Å². The molecular weight excluding hydrogens is 206 g/mol. The second kappa shape index (κ2) is 10.6. The molecule has 0 aromatic carbocycles. The first-order valence-corrected chi connectivity index (χ1v) is 5.89. The van der Waals surface area contributed by atoms with Crippen LogP contribution in [0.4, 0.5) is 0 Å². The molecule has 0 bridgehead atoms. The zero-order valence-electron chi connectivity index (χ0n) is 10.1. The standard InChI is InChI=1S/C12H23NO3/c1-3-5-7-8-11(10-14)12(15)13-16-9-6-4-2/h3,11,14H,1,4-10H2,2H3,(H,13,15)/t11-/m1/s1. The van der Waals surface area contributed by atoms with Gasteiger partial charge >= 0.3 is 0 Å². The van der Waals surface area contributed by atoms with Gasteiger partial charge in [0.1, 0.15) is 0 Å². The highest BCUT2D eigenvalue weighted by atomic mass is 16.6. The minimum absolute atomic E-state index is 0.139. The number of rotatable bonds is 10. The molecule has 94 valence electrons. The van der Waals surface area contributed by atoms with E-state index in [9.17, 15) is 4.79 Å². The summed E-state index contributed by atoms with van der Waals surface area (Å²) in [5.74, 6) is -0.607. The maximum Gasteiger partial charge on any atom is 0.248 e. The van der Waals surface area contributed by atoms with Gasteiger partial charge in [0, 0.05) is 0 Å². The van der Waals surface area contributed by atoms with Crippen LogP contribution in [0.2, 0.25) is 0 Å². The van der Waals surface area contributed by atoms with Crippen LogP contribution in [-0.4, -0.2) is 24.2 Å². The molecule has 0 rings (SSSR count). The average Bonchev–Trinajstić information content (AvgIpc) is 2.30. The van der Waals surface area contributed by atoms with Crippen LogP contribution < -0.4 is 5.48 Å². The summed E-state index contributed by atoms with van der Waals surface area (Å²) in [5.41, 5.74) is 2.37. The van der Waals surface area contributed by atoms with Crippen LogP contribution >= 0.6 is 0 Å². The minimum Gasteiger partial charge on any atom is -0.396 e. The van der Waals surface area contributed by atoms with Crippen molar-refractivity contribution in [2.24, 2.45) is 5.92 Å². The van der Waals surface area contributed by atoms with Gasteiger partial charge in [0.05, 0.1) is 19.1 Å². The van der Waals surface area contributed by atoms with E-state index in [0.717, 1.165) is 25.7 Å². The Labute approximate surface area is 97.6 Å². The summed E-state index contributed by atoms with van der Waals surface area (Å²) in [6.07, 6.45) is 6.13. The van der Waals surface area contributed by atoms with Crippen LogP contribution in [0.1, 0.15) is 39.0 Å². The quantitative estimate of drug-likeness (QED) is 0.341. The number of aliphatic hydroxyl groups excluding tert-OH is 1. The second-order valence-electron chi connectivity index (χ2n) is 3.77. The largest absolute Gasteiger partial charge is 0.396 e. The van der Waals surface area contributed by atoms with Crippen molar-refractivity contribution in [3.05, 3.63) is 12.7 Å². The Bertz CT molecular complexity index is 195. The first-order valence-electron chi connectivity index (χ1n) is 5.89. The molecule has 0 saturated heterocycles.